The summed E-state index contributed by atoms with van der Waals surface area (Å²) >= 11 is 0. The number of carbonyl (C=O) groups is 2. The average Bonchev–Trinajstić information content (AvgIpc) is 2.59. The molecule has 1 heterocycles. The molecule has 0 fully saturated rings. The van der Waals surface area contributed by atoms with Gasteiger partial charge < -0.3 is 4.90 Å². The number of anilines is 1. The SMILES string of the molecule is C=C(C)CCN1C(=O)C(=O)c2cc([N+](=O)[O-])ccc21. The lowest BCUT2D eigenvalue weighted by atomic mass is 10.1. The first-order valence-corrected chi connectivity index (χ1v) is 5.71. The number of nitro groups is 1. The molecule has 0 radical (unpaired) electrons. The zero-order chi connectivity index (χ0) is 14.2. The number of nitro benzene ring substituents is 1. The van der Waals surface area contributed by atoms with Crippen molar-refractivity contribution in [1.29, 1.82) is 0 Å². The van der Waals surface area contributed by atoms with Gasteiger partial charge in [-0.05, 0) is 19.4 Å². The molecule has 1 aliphatic rings. The Morgan fingerprint density at radius 2 is 2.11 bits per heavy atom. The zero-order valence-corrected chi connectivity index (χ0v) is 10.4. The largest absolute Gasteiger partial charge is 0.304 e. The van der Waals surface area contributed by atoms with Gasteiger partial charge in [-0.15, -0.1) is 6.58 Å². The topological polar surface area (TPSA) is 80.5 Å². The van der Waals surface area contributed by atoms with Gasteiger partial charge in [-0.25, -0.2) is 0 Å². The highest BCUT2D eigenvalue weighted by Gasteiger charge is 2.36. The molecule has 0 saturated heterocycles. The van der Waals surface area contributed by atoms with Crippen LogP contribution in [0.3, 0.4) is 0 Å². The minimum absolute atomic E-state index is 0.0981. The Hall–Kier alpha value is -2.50. The number of benzene rings is 1. The second-order valence-electron chi connectivity index (χ2n) is 4.45. The van der Waals surface area contributed by atoms with E-state index >= 15 is 0 Å². The maximum atomic E-state index is 11.8. The lowest BCUT2D eigenvalue weighted by Crippen LogP contribution is -2.30. The van der Waals surface area contributed by atoms with Crippen LogP contribution in [0.25, 0.3) is 0 Å². The van der Waals surface area contributed by atoms with E-state index in [2.05, 4.69) is 6.58 Å². The molecule has 0 saturated carbocycles. The van der Waals surface area contributed by atoms with Crippen LogP contribution in [0.15, 0.2) is 30.4 Å². The summed E-state index contributed by atoms with van der Waals surface area (Å²) in [6, 6.07) is 3.88. The van der Waals surface area contributed by atoms with Gasteiger partial charge in [-0.2, -0.15) is 0 Å². The Bertz CT molecular complexity index is 607. The Labute approximate surface area is 109 Å². The van der Waals surface area contributed by atoms with Gasteiger partial charge in [0.15, 0.2) is 0 Å². The summed E-state index contributed by atoms with van der Waals surface area (Å²) in [5.41, 5.74) is 1.24. The van der Waals surface area contributed by atoms with Crippen LogP contribution in [0.5, 0.6) is 0 Å². The maximum absolute atomic E-state index is 11.8. The number of hydrogen-bond donors (Lipinski definition) is 0. The second-order valence-corrected chi connectivity index (χ2v) is 4.45. The summed E-state index contributed by atoms with van der Waals surface area (Å²) in [6.07, 6.45) is 0.579. The molecule has 0 unspecified atom stereocenters. The van der Waals surface area contributed by atoms with Gasteiger partial charge in [-0.1, -0.05) is 5.57 Å². The van der Waals surface area contributed by atoms with E-state index in [1.165, 1.54) is 17.0 Å². The summed E-state index contributed by atoms with van der Waals surface area (Å²) < 4.78 is 0. The smallest absolute Gasteiger partial charge is 0.299 e. The number of Topliss-reactive ketones (excluding diaryl/α,β-unsaturated/α-hetero) is 1. The van der Waals surface area contributed by atoms with Gasteiger partial charge in [0.1, 0.15) is 0 Å². The number of rotatable bonds is 4. The van der Waals surface area contributed by atoms with Crippen molar-refractivity contribution >= 4 is 23.1 Å². The van der Waals surface area contributed by atoms with Crippen LogP contribution >= 0.6 is 0 Å². The van der Waals surface area contributed by atoms with Gasteiger partial charge in [0.25, 0.3) is 17.4 Å². The van der Waals surface area contributed by atoms with E-state index in [0.29, 0.717) is 18.7 Å². The first kappa shape index (κ1) is 12.9. The summed E-state index contributed by atoms with van der Waals surface area (Å²) in [4.78, 5) is 35.0. The summed E-state index contributed by atoms with van der Waals surface area (Å²) in [7, 11) is 0. The molecule has 0 bridgehead atoms. The molecular weight excluding hydrogens is 248 g/mol. The van der Waals surface area contributed by atoms with E-state index in [1.54, 1.807) is 0 Å². The van der Waals surface area contributed by atoms with Crippen molar-refractivity contribution in [2.45, 2.75) is 13.3 Å². The molecular formula is C13H12N2O4. The fourth-order valence-corrected chi connectivity index (χ4v) is 1.93. The molecule has 98 valence electrons. The lowest BCUT2D eigenvalue weighted by Gasteiger charge is -2.16. The Morgan fingerprint density at radius 3 is 2.68 bits per heavy atom. The first-order valence-electron chi connectivity index (χ1n) is 5.71. The molecule has 0 aromatic heterocycles. The standard InChI is InChI=1S/C13H12N2O4/c1-8(2)5-6-14-11-4-3-9(15(18)19)7-10(11)12(16)13(14)17/h3-4,7H,1,5-6H2,2H3. The van der Waals surface area contributed by atoms with Crippen LogP contribution < -0.4 is 4.90 Å². The molecule has 19 heavy (non-hydrogen) atoms. The number of carbonyl (C=O) groups excluding carboxylic acids is 2. The molecule has 0 spiro atoms. The highest BCUT2D eigenvalue weighted by Crippen LogP contribution is 2.32. The highest BCUT2D eigenvalue weighted by molar-refractivity contribution is 6.52. The quantitative estimate of drug-likeness (QED) is 0.359. The molecule has 1 aromatic carbocycles. The molecule has 0 atom stereocenters. The third-order valence-corrected chi connectivity index (χ3v) is 2.93. The van der Waals surface area contributed by atoms with Gasteiger partial charge in [-0.3, -0.25) is 19.7 Å². The molecule has 0 aliphatic carbocycles. The van der Waals surface area contributed by atoms with Crippen LogP contribution in [-0.4, -0.2) is 23.2 Å². The zero-order valence-electron chi connectivity index (χ0n) is 10.4. The lowest BCUT2D eigenvalue weighted by molar-refractivity contribution is -0.384. The van der Waals surface area contributed by atoms with Crippen LogP contribution in [0.1, 0.15) is 23.7 Å². The van der Waals surface area contributed by atoms with Crippen molar-refractivity contribution in [2.24, 2.45) is 0 Å². The van der Waals surface area contributed by atoms with E-state index in [0.717, 1.165) is 11.6 Å². The molecule has 1 aromatic rings. The third-order valence-electron chi connectivity index (χ3n) is 2.93. The minimum Gasteiger partial charge on any atom is -0.304 e. The fourth-order valence-electron chi connectivity index (χ4n) is 1.93. The summed E-state index contributed by atoms with van der Waals surface area (Å²) in [6.45, 7) is 5.93. The van der Waals surface area contributed by atoms with Crippen molar-refractivity contribution in [3.8, 4) is 0 Å². The van der Waals surface area contributed by atoms with Crippen molar-refractivity contribution in [2.75, 3.05) is 11.4 Å². The molecule has 1 aliphatic heterocycles. The number of ketones is 1. The minimum atomic E-state index is -0.694. The predicted molar refractivity (Wildman–Crippen MR) is 69.2 cm³/mol. The van der Waals surface area contributed by atoms with Gasteiger partial charge in [0.05, 0.1) is 16.2 Å². The van der Waals surface area contributed by atoms with E-state index in [4.69, 9.17) is 0 Å². The second kappa shape index (κ2) is 4.64. The maximum Gasteiger partial charge on any atom is 0.299 e. The number of amides is 1. The molecule has 2 rings (SSSR count). The summed E-state index contributed by atoms with van der Waals surface area (Å²) in [5, 5.41) is 10.7. The highest BCUT2D eigenvalue weighted by atomic mass is 16.6. The molecule has 6 nitrogen and oxygen atoms in total. The normalized spacial score (nSPS) is 13.6. The van der Waals surface area contributed by atoms with Crippen LogP contribution in [0, 0.1) is 10.1 Å². The molecule has 1 amide bonds. The van der Waals surface area contributed by atoms with Gasteiger partial charge >= 0.3 is 0 Å². The molecule has 6 heteroatoms. The first-order chi connectivity index (χ1) is 8.91. The Balaban J connectivity index is 2.38. The van der Waals surface area contributed by atoms with Crippen molar-refractivity contribution in [3.63, 3.8) is 0 Å². The van der Waals surface area contributed by atoms with Gasteiger partial charge in [0.2, 0.25) is 0 Å². The van der Waals surface area contributed by atoms with Crippen LogP contribution in [0.2, 0.25) is 0 Å². The van der Waals surface area contributed by atoms with Crippen LogP contribution in [0.4, 0.5) is 11.4 Å². The van der Waals surface area contributed by atoms with E-state index in [-0.39, 0.29) is 11.3 Å². The fraction of sp³-hybridized carbons (Fsp3) is 0.231. The molecule has 0 N–H and O–H groups in total. The van der Waals surface area contributed by atoms with E-state index < -0.39 is 16.6 Å². The Morgan fingerprint density at radius 1 is 1.42 bits per heavy atom. The van der Waals surface area contributed by atoms with Crippen LogP contribution in [-0.2, 0) is 4.79 Å². The van der Waals surface area contributed by atoms with Crippen molar-refractivity contribution in [3.05, 3.63) is 46.0 Å². The van der Waals surface area contributed by atoms with Gasteiger partial charge in [0, 0.05) is 18.7 Å². The number of hydrogen-bond acceptors (Lipinski definition) is 4. The third kappa shape index (κ3) is 2.24. The number of nitrogens with zero attached hydrogens (tertiary/aromatic N) is 2. The average molecular weight is 260 g/mol. The monoisotopic (exact) mass is 260 g/mol. The predicted octanol–water partition coefficient (Wildman–Crippen LogP) is 2.09. The van der Waals surface area contributed by atoms with E-state index in [9.17, 15) is 19.7 Å². The number of fused-ring (bicyclic) bond motifs is 1. The Kier molecular flexibility index (Phi) is 3.16. The summed E-state index contributed by atoms with van der Waals surface area (Å²) in [5.74, 6) is -1.34. The van der Waals surface area contributed by atoms with Crippen molar-refractivity contribution < 1.29 is 14.5 Å². The van der Waals surface area contributed by atoms with Crippen molar-refractivity contribution in [1.82, 2.24) is 0 Å². The van der Waals surface area contributed by atoms with E-state index in [1.807, 2.05) is 6.92 Å². The number of non-ortho nitro benzene ring substituents is 1.